The molecule has 0 amide bonds. The van der Waals surface area contributed by atoms with Crippen molar-refractivity contribution in [1.29, 1.82) is 0 Å². The molecule has 1 aromatic heterocycles. The van der Waals surface area contributed by atoms with Gasteiger partial charge in [-0.15, -0.1) is 0 Å². The largest absolute Gasteiger partial charge is 0.480 e. The molecule has 0 radical (unpaired) electrons. The summed E-state index contributed by atoms with van der Waals surface area (Å²) in [6.07, 6.45) is 0.667. The molecule has 4 nitrogen and oxygen atoms in total. The number of rotatable bonds is 3. The van der Waals surface area contributed by atoms with Gasteiger partial charge < -0.3 is 10.5 Å². The van der Waals surface area contributed by atoms with Crippen molar-refractivity contribution < 1.29 is 4.74 Å². The Labute approximate surface area is 94.5 Å². The summed E-state index contributed by atoms with van der Waals surface area (Å²) in [7, 11) is 1.63. The lowest BCUT2D eigenvalue weighted by Crippen LogP contribution is -2.07. The van der Waals surface area contributed by atoms with Gasteiger partial charge in [0.1, 0.15) is 5.82 Å². The number of fused-ring (bicyclic) bond motifs is 1. The standard InChI is InChI=1S/C12H15N3O/c1-8-4-3-5-9-11(8)12(16-2)15-10(14-9)6-7-13/h3-5H,6-7,13H2,1-2H3. The van der Waals surface area contributed by atoms with Crippen LogP contribution in [-0.2, 0) is 6.42 Å². The summed E-state index contributed by atoms with van der Waals surface area (Å²) in [5, 5.41) is 0.978. The average molecular weight is 217 g/mol. The number of aryl methyl sites for hydroxylation is 1. The molecule has 16 heavy (non-hydrogen) atoms. The number of nitrogens with two attached hydrogens (primary N) is 1. The van der Waals surface area contributed by atoms with E-state index < -0.39 is 0 Å². The summed E-state index contributed by atoms with van der Waals surface area (Å²) in [6, 6.07) is 5.97. The minimum atomic E-state index is 0.542. The molecule has 0 aliphatic rings. The SMILES string of the molecule is COc1nc(CCN)nc2cccc(C)c12. The highest BCUT2D eigenvalue weighted by atomic mass is 16.5. The predicted molar refractivity (Wildman–Crippen MR) is 63.6 cm³/mol. The highest BCUT2D eigenvalue weighted by molar-refractivity contribution is 5.86. The van der Waals surface area contributed by atoms with Crippen LogP contribution in [0.4, 0.5) is 0 Å². The molecule has 0 atom stereocenters. The quantitative estimate of drug-likeness (QED) is 0.845. The maximum absolute atomic E-state index is 5.51. The smallest absolute Gasteiger partial charge is 0.224 e. The van der Waals surface area contributed by atoms with E-state index in [4.69, 9.17) is 10.5 Å². The highest BCUT2D eigenvalue weighted by Gasteiger charge is 2.09. The number of methoxy groups -OCH3 is 1. The maximum Gasteiger partial charge on any atom is 0.224 e. The molecule has 1 aromatic carbocycles. The Morgan fingerprint density at radius 3 is 2.81 bits per heavy atom. The summed E-state index contributed by atoms with van der Waals surface area (Å²) in [4.78, 5) is 8.82. The first-order valence-electron chi connectivity index (χ1n) is 5.26. The molecule has 0 unspecified atom stereocenters. The van der Waals surface area contributed by atoms with Crippen molar-refractivity contribution in [2.45, 2.75) is 13.3 Å². The van der Waals surface area contributed by atoms with Gasteiger partial charge in [-0.2, -0.15) is 4.98 Å². The second-order valence-corrected chi connectivity index (χ2v) is 3.66. The molecule has 2 N–H and O–H groups in total. The van der Waals surface area contributed by atoms with Gasteiger partial charge >= 0.3 is 0 Å². The zero-order valence-corrected chi connectivity index (χ0v) is 9.53. The first-order valence-corrected chi connectivity index (χ1v) is 5.26. The van der Waals surface area contributed by atoms with Crippen LogP contribution >= 0.6 is 0 Å². The van der Waals surface area contributed by atoms with Crippen LogP contribution < -0.4 is 10.5 Å². The van der Waals surface area contributed by atoms with Crippen LogP contribution in [0.15, 0.2) is 18.2 Å². The van der Waals surface area contributed by atoms with E-state index in [0.717, 1.165) is 22.3 Å². The normalized spacial score (nSPS) is 10.7. The summed E-state index contributed by atoms with van der Waals surface area (Å²) >= 11 is 0. The molecule has 84 valence electrons. The highest BCUT2D eigenvalue weighted by Crippen LogP contribution is 2.25. The Kier molecular flexibility index (Phi) is 3.01. The number of hydrogen-bond donors (Lipinski definition) is 1. The van der Waals surface area contributed by atoms with Gasteiger partial charge in [0.15, 0.2) is 0 Å². The molecular weight excluding hydrogens is 202 g/mol. The zero-order valence-electron chi connectivity index (χ0n) is 9.53. The Morgan fingerprint density at radius 2 is 2.12 bits per heavy atom. The molecule has 4 heteroatoms. The van der Waals surface area contributed by atoms with Gasteiger partial charge in [0, 0.05) is 6.42 Å². The molecule has 1 heterocycles. The Morgan fingerprint density at radius 1 is 1.31 bits per heavy atom. The Balaban J connectivity index is 2.68. The zero-order chi connectivity index (χ0) is 11.5. The molecule has 2 rings (SSSR count). The number of nitrogens with zero attached hydrogens (tertiary/aromatic N) is 2. The topological polar surface area (TPSA) is 61.0 Å². The van der Waals surface area contributed by atoms with Crippen molar-refractivity contribution in [2.24, 2.45) is 5.73 Å². The van der Waals surface area contributed by atoms with Crippen LogP contribution in [0.5, 0.6) is 5.88 Å². The maximum atomic E-state index is 5.51. The molecular formula is C12H15N3O. The van der Waals surface area contributed by atoms with E-state index in [2.05, 4.69) is 9.97 Å². The number of ether oxygens (including phenoxy) is 1. The third-order valence-electron chi connectivity index (χ3n) is 2.51. The first-order chi connectivity index (χ1) is 7.76. The fourth-order valence-corrected chi connectivity index (χ4v) is 1.75. The van der Waals surface area contributed by atoms with E-state index in [1.807, 2.05) is 25.1 Å². The van der Waals surface area contributed by atoms with E-state index in [9.17, 15) is 0 Å². The molecule has 0 spiro atoms. The molecule has 0 bridgehead atoms. The lowest BCUT2D eigenvalue weighted by molar-refractivity contribution is 0.400. The third-order valence-corrected chi connectivity index (χ3v) is 2.51. The van der Waals surface area contributed by atoms with Gasteiger partial charge in [-0.25, -0.2) is 4.98 Å². The lowest BCUT2D eigenvalue weighted by Gasteiger charge is -2.08. The van der Waals surface area contributed by atoms with Gasteiger partial charge in [-0.05, 0) is 25.1 Å². The van der Waals surface area contributed by atoms with Crippen molar-refractivity contribution in [3.8, 4) is 5.88 Å². The Hall–Kier alpha value is -1.68. The second kappa shape index (κ2) is 4.45. The van der Waals surface area contributed by atoms with Crippen LogP contribution in [0.1, 0.15) is 11.4 Å². The lowest BCUT2D eigenvalue weighted by atomic mass is 10.1. The van der Waals surface area contributed by atoms with Crippen LogP contribution in [-0.4, -0.2) is 23.6 Å². The van der Waals surface area contributed by atoms with Gasteiger partial charge in [-0.1, -0.05) is 12.1 Å². The second-order valence-electron chi connectivity index (χ2n) is 3.66. The summed E-state index contributed by atoms with van der Waals surface area (Å²) in [5.41, 5.74) is 7.54. The number of benzene rings is 1. The van der Waals surface area contributed by atoms with Crippen molar-refractivity contribution in [2.75, 3.05) is 13.7 Å². The van der Waals surface area contributed by atoms with Crippen molar-refractivity contribution in [3.63, 3.8) is 0 Å². The fourth-order valence-electron chi connectivity index (χ4n) is 1.75. The molecule has 0 saturated heterocycles. The summed E-state index contributed by atoms with van der Waals surface area (Å²) < 4.78 is 5.30. The van der Waals surface area contributed by atoms with Gasteiger partial charge in [-0.3, -0.25) is 0 Å². The fraction of sp³-hybridized carbons (Fsp3) is 0.333. The van der Waals surface area contributed by atoms with E-state index in [1.165, 1.54) is 0 Å². The van der Waals surface area contributed by atoms with E-state index >= 15 is 0 Å². The van der Waals surface area contributed by atoms with E-state index in [-0.39, 0.29) is 0 Å². The van der Waals surface area contributed by atoms with Crippen molar-refractivity contribution >= 4 is 10.9 Å². The van der Waals surface area contributed by atoms with Gasteiger partial charge in [0.25, 0.3) is 0 Å². The van der Waals surface area contributed by atoms with Crippen molar-refractivity contribution in [1.82, 2.24) is 9.97 Å². The minimum absolute atomic E-state index is 0.542. The third kappa shape index (κ3) is 1.84. The Bertz CT molecular complexity index is 511. The number of hydrogen-bond acceptors (Lipinski definition) is 4. The first kappa shape index (κ1) is 10.8. The molecule has 0 aliphatic carbocycles. The van der Waals surface area contributed by atoms with Crippen molar-refractivity contribution in [3.05, 3.63) is 29.6 Å². The van der Waals surface area contributed by atoms with E-state index in [0.29, 0.717) is 18.8 Å². The van der Waals surface area contributed by atoms with Crippen LogP contribution in [0.3, 0.4) is 0 Å². The van der Waals surface area contributed by atoms with E-state index in [1.54, 1.807) is 7.11 Å². The molecule has 2 aromatic rings. The predicted octanol–water partition coefficient (Wildman–Crippen LogP) is 1.45. The van der Waals surface area contributed by atoms with Gasteiger partial charge in [0.2, 0.25) is 5.88 Å². The molecule has 0 fully saturated rings. The summed E-state index contributed by atoms with van der Waals surface area (Å²) in [6.45, 7) is 2.57. The average Bonchev–Trinajstić information content (AvgIpc) is 2.28. The van der Waals surface area contributed by atoms with Crippen LogP contribution in [0.25, 0.3) is 10.9 Å². The van der Waals surface area contributed by atoms with Crippen LogP contribution in [0, 0.1) is 6.92 Å². The number of aromatic nitrogens is 2. The monoisotopic (exact) mass is 217 g/mol. The van der Waals surface area contributed by atoms with Crippen LogP contribution in [0.2, 0.25) is 0 Å². The summed E-state index contributed by atoms with van der Waals surface area (Å²) in [5.74, 6) is 1.36. The van der Waals surface area contributed by atoms with Gasteiger partial charge in [0.05, 0.1) is 18.0 Å². The minimum Gasteiger partial charge on any atom is -0.480 e. The molecule has 0 saturated carbocycles. The molecule has 0 aliphatic heterocycles.